The van der Waals surface area contributed by atoms with Crippen LogP contribution in [-0.4, -0.2) is 61.0 Å². The number of piperazine rings is 1. The summed E-state index contributed by atoms with van der Waals surface area (Å²) in [4.78, 5) is 20.1. The lowest BCUT2D eigenvalue weighted by atomic mass is 9.87. The molecule has 2 aliphatic heterocycles. The van der Waals surface area contributed by atoms with Gasteiger partial charge in [-0.05, 0) is 55.3 Å². The molecule has 4 rings (SSSR count). The molecule has 3 fully saturated rings. The Kier molecular flexibility index (Phi) is 5.19. The Bertz CT molecular complexity index is 651. The highest BCUT2D eigenvalue weighted by atomic mass is 16.2. The van der Waals surface area contributed by atoms with Crippen LogP contribution >= 0.6 is 0 Å². The molecular formula is C23H35N3O. The van der Waals surface area contributed by atoms with Gasteiger partial charge in [0.1, 0.15) is 0 Å². The summed E-state index contributed by atoms with van der Waals surface area (Å²) in [5.74, 6) is 0.639. The number of hydrogen-bond acceptors (Lipinski definition) is 3. The van der Waals surface area contributed by atoms with Gasteiger partial charge in [0, 0.05) is 44.5 Å². The molecule has 4 nitrogen and oxygen atoms in total. The first-order valence-corrected chi connectivity index (χ1v) is 10.8. The number of carbonyl (C=O) groups is 1. The van der Waals surface area contributed by atoms with E-state index in [-0.39, 0.29) is 11.3 Å². The fourth-order valence-electron chi connectivity index (χ4n) is 4.59. The molecule has 0 spiro atoms. The zero-order chi connectivity index (χ0) is 19.0. The van der Waals surface area contributed by atoms with Gasteiger partial charge >= 0.3 is 0 Å². The molecular weight excluding hydrogens is 334 g/mol. The van der Waals surface area contributed by atoms with Crippen LogP contribution in [0.3, 0.4) is 0 Å². The number of anilines is 1. The molecule has 1 saturated carbocycles. The number of likely N-dealkylation sites (tertiary alicyclic amines) is 1. The van der Waals surface area contributed by atoms with Gasteiger partial charge in [0.25, 0.3) is 0 Å². The van der Waals surface area contributed by atoms with Crippen LogP contribution in [0.15, 0.2) is 24.3 Å². The van der Waals surface area contributed by atoms with E-state index in [9.17, 15) is 4.79 Å². The highest BCUT2D eigenvalue weighted by Gasteiger charge is 2.36. The first kappa shape index (κ1) is 18.8. The van der Waals surface area contributed by atoms with Gasteiger partial charge < -0.3 is 9.80 Å². The van der Waals surface area contributed by atoms with E-state index in [2.05, 4.69) is 59.7 Å². The second-order valence-electron chi connectivity index (χ2n) is 9.67. The lowest BCUT2D eigenvalue weighted by molar-refractivity contribution is -0.137. The third kappa shape index (κ3) is 4.31. The van der Waals surface area contributed by atoms with E-state index in [4.69, 9.17) is 0 Å². The van der Waals surface area contributed by atoms with E-state index in [0.29, 0.717) is 5.91 Å². The quantitative estimate of drug-likeness (QED) is 0.816. The van der Waals surface area contributed by atoms with Crippen LogP contribution in [0.25, 0.3) is 0 Å². The van der Waals surface area contributed by atoms with Crippen LogP contribution in [0.5, 0.6) is 0 Å². The first-order valence-electron chi connectivity index (χ1n) is 10.8. The maximum atomic E-state index is 13.0. The summed E-state index contributed by atoms with van der Waals surface area (Å²) in [6.07, 6.45) is 4.95. The molecule has 1 unspecified atom stereocenters. The van der Waals surface area contributed by atoms with Crippen molar-refractivity contribution in [1.82, 2.24) is 9.80 Å². The van der Waals surface area contributed by atoms with Gasteiger partial charge in [0.05, 0.1) is 5.92 Å². The monoisotopic (exact) mass is 369 g/mol. The van der Waals surface area contributed by atoms with E-state index < -0.39 is 0 Å². The summed E-state index contributed by atoms with van der Waals surface area (Å²) in [5, 5.41) is 0. The van der Waals surface area contributed by atoms with Crippen LogP contribution in [-0.2, 0) is 10.2 Å². The molecule has 1 aromatic carbocycles. The standard InChI is InChI=1S/C23H35N3O/c1-23(2,3)19-6-8-20(9-7-19)24-13-15-25(16-14-24)22(27)18-5-4-12-26(17-18)21-10-11-21/h6-9,18,21H,4-5,10-17H2,1-3H3. The Balaban J connectivity index is 1.31. The van der Waals surface area contributed by atoms with Crippen molar-refractivity contribution in [3.8, 4) is 0 Å². The Morgan fingerprint density at radius 1 is 0.926 bits per heavy atom. The van der Waals surface area contributed by atoms with Crippen LogP contribution in [0.1, 0.15) is 52.0 Å². The van der Waals surface area contributed by atoms with Crippen molar-refractivity contribution in [3.63, 3.8) is 0 Å². The Morgan fingerprint density at radius 3 is 2.19 bits per heavy atom. The number of nitrogens with zero attached hydrogens (tertiary/aromatic N) is 3. The van der Waals surface area contributed by atoms with E-state index >= 15 is 0 Å². The van der Waals surface area contributed by atoms with Gasteiger partial charge in [-0.3, -0.25) is 9.69 Å². The lowest BCUT2D eigenvalue weighted by Gasteiger charge is -2.40. The average molecular weight is 370 g/mol. The summed E-state index contributed by atoms with van der Waals surface area (Å²) in [6.45, 7) is 12.6. The second kappa shape index (κ2) is 7.46. The molecule has 3 aliphatic rings. The lowest BCUT2D eigenvalue weighted by Crippen LogP contribution is -2.52. The predicted octanol–water partition coefficient (Wildman–Crippen LogP) is 3.51. The van der Waals surface area contributed by atoms with Crippen molar-refractivity contribution in [2.45, 2.75) is 57.9 Å². The number of amides is 1. The van der Waals surface area contributed by atoms with Crippen LogP contribution in [0.4, 0.5) is 5.69 Å². The summed E-state index contributed by atoms with van der Waals surface area (Å²) >= 11 is 0. The maximum absolute atomic E-state index is 13.0. The summed E-state index contributed by atoms with van der Waals surface area (Å²) in [7, 11) is 0. The molecule has 1 aliphatic carbocycles. The Labute approximate surface area is 164 Å². The second-order valence-corrected chi connectivity index (χ2v) is 9.67. The van der Waals surface area contributed by atoms with E-state index in [0.717, 1.165) is 45.2 Å². The van der Waals surface area contributed by atoms with Gasteiger partial charge in [-0.15, -0.1) is 0 Å². The SMILES string of the molecule is CC(C)(C)c1ccc(N2CCN(C(=O)C3CCCN(C4CC4)C3)CC2)cc1. The van der Waals surface area contributed by atoms with Gasteiger partial charge in [-0.25, -0.2) is 0 Å². The van der Waals surface area contributed by atoms with Gasteiger partial charge in [0.15, 0.2) is 0 Å². The van der Waals surface area contributed by atoms with E-state index in [1.807, 2.05) is 0 Å². The molecule has 2 heterocycles. The molecule has 1 atom stereocenters. The highest BCUT2D eigenvalue weighted by molar-refractivity contribution is 5.79. The number of piperidine rings is 1. The third-order valence-electron chi connectivity index (χ3n) is 6.56. The molecule has 4 heteroatoms. The zero-order valence-corrected chi connectivity index (χ0v) is 17.3. The van der Waals surface area contributed by atoms with Gasteiger partial charge in [-0.1, -0.05) is 32.9 Å². The predicted molar refractivity (Wildman–Crippen MR) is 111 cm³/mol. The molecule has 27 heavy (non-hydrogen) atoms. The summed E-state index contributed by atoms with van der Waals surface area (Å²) in [6, 6.07) is 9.77. The van der Waals surface area contributed by atoms with Gasteiger partial charge in [0.2, 0.25) is 5.91 Å². The van der Waals surface area contributed by atoms with Crippen molar-refractivity contribution >= 4 is 11.6 Å². The third-order valence-corrected chi connectivity index (χ3v) is 6.56. The molecule has 0 N–H and O–H groups in total. The van der Waals surface area contributed by atoms with Crippen LogP contribution in [0.2, 0.25) is 0 Å². The van der Waals surface area contributed by atoms with Crippen LogP contribution < -0.4 is 4.90 Å². The largest absolute Gasteiger partial charge is 0.368 e. The van der Waals surface area contributed by atoms with Crippen molar-refractivity contribution < 1.29 is 4.79 Å². The Morgan fingerprint density at radius 2 is 1.59 bits per heavy atom. The maximum Gasteiger partial charge on any atom is 0.227 e. The fourth-order valence-corrected chi connectivity index (χ4v) is 4.59. The fraction of sp³-hybridized carbons (Fsp3) is 0.696. The number of carbonyl (C=O) groups excluding carboxylic acids is 1. The van der Waals surface area contributed by atoms with Gasteiger partial charge in [-0.2, -0.15) is 0 Å². The summed E-state index contributed by atoms with van der Waals surface area (Å²) < 4.78 is 0. The summed E-state index contributed by atoms with van der Waals surface area (Å²) in [5.41, 5.74) is 2.85. The highest BCUT2D eigenvalue weighted by Crippen LogP contribution is 2.32. The van der Waals surface area contributed by atoms with Crippen molar-refractivity contribution in [2.24, 2.45) is 5.92 Å². The molecule has 0 aromatic heterocycles. The van der Waals surface area contributed by atoms with Crippen molar-refractivity contribution in [2.75, 3.05) is 44.2 Å². The number of rotatable bonds is 3. The average Bonchev–Trinajstić information content (AvgIpc) is 3.52. The van der Waals surface area contributed by atoms with E-state index in [1.165, 1.54) is 37.1 Å². The number of benzene rings is 1. The minimum Gasteiger partial charge on any atom is -0.368 e. The molecule has 0 bridgehead atoms. The molecule has 1 amide bonds. The minimum absolute atomic E-state index is 0.192. The van der Waals surface area contributed by atoms with Crippen LogP contribution in [0, 0.1) is 5.92 Å². The first-order chi connectivity index (χ1) is 12.9. The molecule has 2 saturated heterocycles. The van der Waals surface area contributed by atoms with Crippen molar-refractivity contribution in [1.29, 1.82) is 0 Å². The minimum atomic E-state index is 0.192. The van der Waals surface area contributed by atoms with Crippen molar-refractivity contribution in [3.05, 3.63) is 29.8 Å². The molecule has 0 radical (unpaired) electrons. The smallest absolute Gasteiger partial charge is 0.227 e. The topological polar surface area (TPSA) is 26.8 Å². The zero-order valence-electron chi connectivity index (χ0n) is 17.3. The number of hydrogen-bond donors (Lipinski definition) is 0. The molecule has 1 aromatic rings. The van der Waals surface area contributed by atoms with E-state index in [1.54, 1.807) is 0 Å². The Hall–Kier alpha value is -1.55. The normalized spacial score (nSPS) is 24.9. The molecule has 148 valence electrons.